The number of aryl methyl sites for hydroxylation is 1. The number of benzene rings is 1. The first-order valence-electron chi connectivity index (χ1n) is 6.88. The Morgan fingerprint density at radius 1 is 1.33 bits per heavy atom. The van der Waals surface area contributed by atoms with Gasteiger partial charge in [0.05, 0.1) is 18.8 Å². The minimum absolute atomic E-state index is 0.277. The molecule has 18 heavy (non-hydrogen) atoms. The number of ether oxygens (including phenoxy) is 2. The molecule has 98 valence electrons. The van der Waals surface area contributed by atoms with Gasteiger partial charge < -0.3 is 14.6 Å². The maximum absolute atomic E-state index is 9.73. The standard InChI is InChI=1S/C15H20O3/c16-15-6-3-11-10-13(4-5-14(11)15)18-9-7-12-2-1-8-17-12/h4-5,10,12,15-16H,1-3,6-9H2. The molecule has 1 aromatic carbocycles. The van der Waals surface area contributed by atoms with Gasteiger partial charge in [-0.15, -0.1) is 0 Å². The molecular weight excluding hydrogens is 228 g/mol. The highest BCUT2D eigenvalue weighted by Crippen LogP contribution is 2.33. The van der Waals surface area contributed by atoms with Gasteiger partial charge in [-0.05, 0) is 48.9 Å². The van der Waals surface area contributed by atoms with Crippen LogP contribution in [0.1, 0.15) is 42.9 Å². The summed E-state index contributed by atoms with van der Waals surface area (Å²) >= 11 is 0. The van der Waals surface area contributed by atoms with Crippen molar-refractivity contribution < 1.29 is 14.6 Å². The van der Waals surface area contributed by atoms with E-state index in [1.165, 1.54) is 18.4 Å². The summed E-state index contributed by atoms with van der Waals surface area (Å²) in [7, 11) is 0. The van der Waals surface area contributed by atoms with E-state index >= 15 is 0 Å². The molecule has 3 rings (SSSR count). The van der Waals surface area contributed by atoms with Gasteiger partial charge in [0.15, 0.2) is 0 Å². The van der Waals surface area contributed by atoms with Crippen molar-refractivity contribution in [1.29, 1.82) is 0 Å². The van der Waals surface area contributed by atoms with Gasteiger partial charge in [-0.2, -0.15) is 0 Å². The molecule has 3 nitrogen and oxygen atoms in total. The molecule has 1 aromatic rings. The minimum atomic E-state index is -0.277. The molecule has 1 fully saturated rings. The third-order valence-electron chi connectivity index (χ3n) is 3.89. The van der Waals surface area contributed by atoms with Crippen LogP contribution in [0.15, 0.2) is 18.2 Å². The zero-order chi connectivity index (χ0) is 12.4. The summed E-state index contributed by atoms with van der Waals surface area (Å²) < 4.78 is 11.3. The molecule has 2 atom stereocenters. The van der Waals surface area contributed by atoms with Gasteiger partial charge in [0.1, 0.15) is 5.75 Å². The summed E-state index contributed by atoms with van der Waals surface area (Å²) in [5, 5.41) is 9.73. The molecule has 2 aliphatic rings. The molecule has 0 radical (unpaired) electrons. The van der Waals surface area contributed by atoms with E-state index < -0.39 is 0 Å². The zero-order valence-electron chi connectivity index (χ0n) is 10.6. The Labute approximate surface area is 108 Å². The molecule has 0 saturated carbocycles. The molecule has 2 unspecified atom stereocenters. The first-order chi connectivity index (χ1) is 8.83. The van der Waals surface area contributed by atoms with E-state index in [1.807, 2.05) is 12.1 Å². The fourth-order valence-corrected chi connectivity index (χ4v) is 2.84. The summed E-state index contributed by atoms with van der Waals surface area (Å²) in [4.78, 5) is 0. The maximum atomic E-state index is 9.73. The van der Waals surface area contributed by atoms with E-state index in [0.717, 1.165) is 37.2 Å². The maximum Gasteiger partial charge on any atom is 0.119 e. The largest absolute Gasteiger partial charge is 0.493 e. The van der Waals surface area contributed by atoms with Gasteiger partial charge in [0.25, 0.3) is 0 Å². The molecule has 1 aliphatic carbocycles. The van der Waals surface area contributed by atoms with Crippen molar-refractivity contribution >= 4 is 0 Å². The molecule has 1 heterocycles. The average Bonchev–Trinajstić information content (AvgIpc) is 3.00. The van der Waals surface area contributed by atoms with Crippen molar-refractivity contribution in [2.45, 2.75) is 44.3 Å². The van der Waals surface area contributed by atoms with E-state index in [2.05, 4.69) is 6.07 Å². The highest BCUT2D eigenvalue weighted by Gasteiger charge is 2.20. The van der Waals surface area contributed by atoms with Gasteiger partial charge in [-0.1, -0.05) is 6.07 Å². The average molecular weight is 248 g/mol. The number of aliphatic hydroxyl groups excluding tert-OH is 1. The first-order valence-corrected chi connectivity index (χ1v) is 6.88. The number of fused-ring (bicyclic) bond motifs is 1. The lowest BCUT2D eigenvalue weighted by Crippen LogP contribution is -2.10. The van der Waals surface area contributed by atoms with Crippen molar-refractivity contribution in [2.75, 3.05) is 13.2 Å². The summed E-state index contributed by atoms with van der Waals surface area (Å²) in [6.45, 7) is 1.62. The Kier molecular flexibility index (Phi) is 3.52. The molecule has 0 aromatic heterocycles. The zero-order valence-corrected chi connectivity index (χ0v) is 10.6. The van der Waals surface area contributed by atoms with E-state index in [9.17, 15) is 5.11 Å². The fraction of sp³-hybridized carbons (Fsp3) is 0.600. The SMILES string of the molecule is OC1CCc2cc(OCCC3CCCO3)ccc21. The van der Waals surface area contributed by atoms with Gasteiger partial charge in [0, 0.05) is 13.0 Å². The highest BCUT2D eigenvalue weighted by molar-refractivity contribution is 5.39. The van der Waals surface area contributed by atoms with Crippen LogP contribution in [0.4, 0.5) is 0 Å². The second-order valence-corrected chi connectivity index (χ2v) is 5.19. The summed E-state index contributed by atoms with van der Waals surface area (Å²) in [5.74, 6) is 0.917. The lowest BCUT2D eigenvalue weighted by atomic mass is 10.1. The predicted molar refractivity (Wildman–Crippen MR) is 68.8 cm³/mol. The normalized spacial score (nSPS) is 26.3. The molecule has 1 N–H and O–H groups in total. The first kappa shape index (κ1) is 12.0. The van der Waals surface area contributed by atoms with Crippen LogP contribution in [0.5, 0.6) is 5.75 Å². The van der Waals surface area contributed by atoms with Crippen molar-refractivity contribution in [2.24, 2.45) is 0 Å². The lowest BCUT2D eigenvalue weighted by molar-refractivity contribution is 0.0903. The van der Waals surface area contributed by atoms with Crippen LogP contribution >= 0.6 is 0 Å². The van der Waals surface area contributed by atoms with Gasteiger partial charge in [0.2, 0.25) is 0 Å². The number of hydrogen-bond donors (Lipinski definition) is 1. The predicted octanol–water partition coefficient (Wildman–Crippen LogP) is 2.61. The van der Waals surface area contributed by atoms with Crippen LogP contribution in [0.2, 0.25) is 0 Å². The van der Waals surface area contributed by atoms with E-state index in [-0.39, 0.29) is 6.10 Å². The fourth-order valence-electron chi connectivity index (χ4n) is 2.84. The Hall–Kier alpha value is -1.06. The molecule has 0 amide bonds. The molecule has 3 heteroatoms. The molecule has 1 aliphatic heterocycles. The Bertz CT molecular complexity index is 410. The number of aliphatic hydroxyl groups is 1. The van der Waals surface area contributed by atoms with Crippen molar-refractivity contribution in [1.82, 2.24) is 0 Å². The summed E-state index contributed by atoms with van der Waals surface area (Å²) in [6, 6.07) is 6.03. The van der Waals surface area contributed by atoms with Gasteiger partial charge >= 0.3 is 0 Å². The Morgan fingerprint density at radius 3 is 3.11 bits per heavy atom. The summed E-state index contributed by atoms with van der Waals surface area (Å²) in [6.07, 6.45) is 5.23. The van der Waals surface area contributed by atoms with Crippen LogP contribution in [0.25, 0.3) is 0 Å². The van der Waals surface area contributed by atoms with Crippen LogP contribution in [0.3, 0.4) is 0 Å². The lowest BCUT2D eigenvalue weighted by Gasteiger charge is -2.12. The third kappa shape index (κ3) is 2.52. The van der Waals surface area contributed by atoms with E-state index in [1.54, 1.807) is 0 Å². The Balaban J connectivity index is 1.53. The van der Waals surface area contributed by atoms with Crippen LogP contribution < -0.4 is 4.74 Å². The van der Waals surface area contributed by atoms with E-state index in [0.29, 0.717) is 12.7 Å². The second-order valence-electron chi connectivity index (χ2n) is 5.19. The minimum Gasteiger partial charge on any atom is -0.493 e. The van der Waals surface area contributed by atoms with Crippen LogP contribution in [0, 0.1) is 0 Å². The third-order valence-corrected chi connectivity index (χ3v) is 3.89. The van der Waals surface area contributed by atoms with Gasteiger partial charge in [-0.25, -0.2) is 0 Å². The summed E-state index contributed by atoms with van der Waals surface area (Å²) in [5.41, 5.74) is 2.30. The van der Waals surface area contributed by atoms with Crippen LogP contribution in [-0.4, -0.2) is 24.4 Å². The van der Waals surface area contributed by atoms with Gasteiger partial charge in [-0.3, -0.25) is 0 Å². The topological polar surface area (TPSA) is 38.7 Å². The highest BCUT2D eigenvalue weighted by atomic mass is 16.5. The Morgan fingerprint density at radius 2 is 2.28 bits per heavy atom. The number of hydrogen-bond acceptors (Lipinski definition) is 3. The molecule has 0 bridgehead atoms. The second kappa shape index (κ2) is 5.29. The van der Waals surface area contributed by atoms with Crippen molar-refractivity contribution in [3.63, 3.8) is 0 Å². The molecule has 0 spiro atoms. The smallest absolute Gasteiger partial charge is 0.119 e. The molecule has 1 saturated heterocycles. The monoisotopic (exact) mass is 248 g/mol. The van der Waals surface area contributed by atoms with Crippen molar-refractivity contribution in [3.05, 3.63) is 29.3 Å². The van der Waals surface area contributed by atoms with E-state index in [4.69, 9.17) is 9.47 Å². The van der Waals surface area contributed by atoms with Crippen LogP contribution in [-0.2, 0) is 11.2 Å². The quantitative estimate of drug-likeness (QED) is 0.890. The number of rotatable bonds is 4. The van der Waals surface area contributed by atoms with Crippen molar-refractivity contribution in [3.8, 4) is 5.75 Å². The molecular formula is C15H20O3.